The second-order valence-electron chi connectivity index (χ2n) is 23.5. The molecule has 6 heteroatoms. The first-order valence-electron chi connectivity index (χ1n) is 33.9. The first-order chi connectivity index (χ1) is 36.5. The molecule has 0 bridgehead atoms. The zero-order valence-electron chi connectivity index (χ0n) is 50.4. The van der Waals surface area contributed by atoms with E-state index in [9.17, 15) is 19.8 Å². The lowest BCUT2D eigenvalue weighted by molar-refractivity contribution is -0.143. The molecule has 0 aliphatic rings. The average Bonchev–Trinajstić information content (AvgIpc) is 3.40. The molecule has 0 heterocycles. The fourth-order valence-electron chi connectivity index (χ4n) is 10.9. The summed E-state index contributed by atoms with van der Waals surface area (Å²) in [6.45, 7) is 4.99. The molecule has 0 aromatic rings. The van der Waals surface area contributed by atoms with Crippen molar-refractivity contribution >= 4 is 11.9 Å². The maximum atomic E-state index is 12.5. The molecule has 6 nitrogen and oxygen atoms in total. The number of ether oxygens (including phenoxy) is 1. The van der Waals surface area contributed by atoms with Crippen molar-refractivity contribution in [2.75, 3.05) is 13.2 Å². The van der Waals surface area contributed by atoms with Crippen LogP contribution in [0, 0.1) is 0 Å². The van der Waals surface area contributed by atoms with Crippen molar-refractivity contribution in [3.63, 3.8) is 0 Å². The predicted molar refractivity (Wildman–Crippen MR) is 324 cm³/mol. The average molecular weight is 1040 g/mol. The molecule has 2 unspecified atom stereocenters. The van der Waals surface area contributed by atoms with Crippen LogP contribution < -0.4 is 5.32 Å². The molecule has 0 spiro atoms. The van der Waals surface area contributed by atoms with Crippen molar-refractivity contribution < 1.29 is 24.5 Å². The minimum Gasteiger partial charge on any atom is -0.466 e. The van der Waals surface area contributed by atoms with Gasteiger partial charge in [0.05, 0.1) is 25.4 Å². The number of hydrogen-bond acceptors (Lipinski definition) is 5. The zero-order chi connectivity index (χ0) is 53.6. The summed E-state index contributed by atoms with van der Waals surface area (Å²) in [5, 5.41) is 23.4. The Labute approximate surface area is 463 Å². The third kappa shape index (κ3) is 59.8. The van der Waals surface area contributed by atoms with E-state index in [-0.39, 0.29) is 18.5 Å². The van der Waals surface area contributed by atoms with Gasteiger partial charge in [-0.25, -0.2) is 0 Å². The van der Waals surface area contributed by atoms with Crippen LogP contribution in [-0.4, -0.2) is 47.4 Å². The number of rotatable bonds is 64. The summed E-state index contributed by atoms with van der Waals surface area (Å²) in [5.41, 5.74) is 0. The molecule has 440 valence electrons. The highest BCUT2D eigenvalue weighted by Crippen LogP contribution is 2.19. The number of carbonyl (C=O) groups is 2. The van der Waals surface area contributed by atoms with Gasteiger partial charge in [0.15, 0.2) is 0 Å². The van der Waals surface area contributed by atoms with E-state index >= 15 is 0 Å². The van der Waals surface area contributed by atoms with E-state index in [1.165, 1.54) is 315 Å². The molecule has 0 saturated carbocycles. The van der Waals surface area contributed by atoms with Crippen LogP contribution in [0.4, 0.5) is 0 Å². The monoisotopic (exact) mass is 1040 g/mol. The highest BCUT2D eigenvalue weighted by Gasteiger charge is 2.20. The van der Waals surface area contributed by atoms with E-state index in [4.69, 9.17) is 4.74 Å². The lowest BCUT2D eigenvalue weighted by Crippen LogP contribution is -2.45. The largest absolute Gasteiger partial charge is 0.466 e. The molecule has 0 fully saturated rings. The molecule has 0 saturated heterocycles. The van der Waals surface area contributed by atoms with Crippen LogP contribution in [0.5, 0.6) is 0 Å². The molecule has 0 aliphatic heterocycles. The van der Waals surface area contributed by atoms with Gasteiger partial charge < -0.3 is 20.3 Å². The topological polar surface area (TPSA) is 95.9 Å². The van der Waals surface area contributed by atoms with E-state index in [1.807, 2.05) is 0 Å². The van der Waals surface area contributed by atoms with Crippen LogP contribution in [0.3, 0.4) is 0 Å². The standard InChI is InChI=1S/C68H133NO5/c1-3-5-7-9-11-13-15-17-18-19-28-31-34-37-40-44-48-52-56-60-66(71)65(64-70)69-67(72)61-57-53-49-45-41-38-35-32-29-26-24-22-20-21-23-25-27-30-33-36-39-43-47-51-55-59-63-74-68(73)62-58-54-50-46-42-16-14-12-10-8-6-4-2/h20,22,65-66,70-71H,3-19,21,23-64H2,1-2H3,(H,69,72)/b22-20-. The summed E-state index contributed by atoms with van der Waals surface area (Å²) >= 11 is 0. The van der Waals surface area contributed by atoms with Crippen molar-refractivity contribution in [3.05, 3.63) is 12.2 Å². The van der Waals surface area contributed by atoms with Crippen molar-refractivity contribution in [3.8, 4) is 0 Å². The molecule has 0 aromatic heterocycles. The Morgan fingerprint density at radius 2 is 0.635 bits per heavy atom. The first-order valence-corrected chi connectivity index (χ1v) is 33.9. The maximum Gasteiger partial charge on any atom is 0.305 e. The molecule has 0 aromatic carbocycles. The second kappa shape index (κ2) is 64.1. The number of esters is 1. The van der Waals surface area contributed by atoms with Crippen molar-refractivity contribution in [2.45, 2.75) is 398 Å². The van der Waals surface area contributed by atoms with E-state index in [1.54, 1.807) is 0 Å². The molecule has 74 heavy (non-hydrogen) atoms. The van der Waals surface area contributed by atoms with Crippen LogP contribution in [0.25, 0.3) is 0 Å². The van der Waals surface area contributed by atoms with Gasteiger partial charge in [0, 0.05) is 12.8 Å². The van der Waals surface area contributed by atoms with Gasteiger partial charge in [0.2, 0.25) is 5.91 Å². The number of amides is 1. The van der Waals surface area contributed by atoms with Crippen molar-refractivity contribution in [2.24, 2.45) is 0 Å². The molecule has 0 radical (unpaired) electrons. The number of allylic oxidation sites excluding steroid dienone is 2. The van der Waals surface area contributed by atoms with E-state index in [2.05, 4.69) is 31.3 Å². The number of carbonyl (C=O) groups excluding carboxylic acids is 2. The molecular formula is C68H133NO5. The summed E-state index contributed by atoms with van der Waals surface area (Å²) in [5.74, 6) is -0.0167. The Morgan fingerprint density at radius 3 is 0.959 bits per heavy atom. The smallest absolute Gasteiger partial charge is 0.305 e. The Hall–Kier alpha value is -1.40. The normalized spacial score (nSPS) is 12.5. The Kier molecular flexibility index (Phi) is 62.9. The van der Waals surface area contributed by atoms with Crippen LogP contribution in [0.2, 0.25) is 0 Å². The summed E-state index contributed by atoms with van der Waals surface area (Å²) in [4.78, 5) is 24.6. The summed E-state index contributed by atoms with van der Waals surface area (Å²) < 4.78 is 5.48. The van der Waals surface area contributed by atoms with Crippen molar-refractivity contribution in [1.82, 2.24) is 5.32 Å². The van der Waals surface area contributed by atoms with Gasteiger partial charge in [0.1, 0.15) is 0 Å². The van der Waals surface area contributed by atoms with E-state index < -0.39 is 12.1 Å². The van der Waals surface area contributed by atoms with Gasteiger partial charge in [-0.3, -0.25) is 9.59 Å². The molecular weight excluding hydrogens is 911 g/mol. The van der Waals surface area contributed by atoms with Crippen LogP contribution >= 0.6 is 0 Å². The minimum atomic E-state index is -0.665. The minimum absolute atomic E-state index is 0.0159. The quantitative estimate of drug-likeness (QED) is 0.0320. The lowest BCUT2D eigenvalue weighted by atomic mass is 10.0. The zero-order valence-corrected chi connectivity index (χ0v) is 50.4. The van der Waals surface area contributed by atoms with Gasteiger partial charge in [-0.2, -0.15) is 0 Å². The maximum absolute atomic E-state index is 12.5. The van der Waals surface area contributed by atoms with E-state index in [0.29, 0.717) is 25.9 Å². The fourth-order valence-corrected chi connectivity index (χ4v) is 10.9. The molecule has 0 rings (SSSR count). The number of nitrogens with one attached hydrogen (secondary N) is 1. The van der Waals surface area contributed by atoms with E-state index in [0.717, 1.165) is 38.5 Å². The van der Waals surface area contributed by atoms with Gasteiger partial charge in [0.25, 0.3) is 0 Å². The summed E-state index contributed by atoms with van der Waals surface area (Å²) in [6, 6.07) is -0.543. The molecule has 0 aliphatic carbocycles. The second-order valence-corrected chi connectivity index (χ2v) is 23.5. The molecule has 1 amide bonds. The predicted octanol–water partition coefficient (Wildman–Crippen LogP) is 21.6. The Morgan fingerprint density at radius 1 is 0.365 bits per heavy atom. The number of hydrogen-bond donors (Lipinski definition) is 3. The SMILES string of the molecule is CCCCCCCCCCCCCCCCCCCCCC(O)C(CO)NC(=O)CCCCCCCCCCCC/C=C\CCCCCCCCCCCCCCOC(=O)CCCCCCCCCCCCCC. The third-order valence-electron chi connectivity index (χ3n) is 16.1. The molecule has 3 N–H and O–H groups in total. The van der Waals surface area contributed by atoms with Crippen LogP contribution in [-0.2, 0) is 14.3 Å². The van der Waals surface area contributed by atoms with Crippen LogP contribution in [0.15, 0.2) is 12.2 Å². The lowest BCUT2D eigenvalue weighted by Gasteiger charge is -2.22. The summed E-state index contributed by atoms with van der Waals surface area (Å²) in [7, 11) is 0. The highest BCUT2D eigenvalue weighted by molar-refractivity contribution is 5.76. The highest BCUT2D eigenvalue weighted by atomic mass is 16.5. The number of aliphatic hydroxyl groups is 2. The van der Waals surface area contributed by atoms with Crippen LogP contribution in [0.1, 0.15) is 386 Å². The van der Waals surface area contributed by atoms with Crippen molar-refractivity contribution in [1.29, 1.82) is 0 Å². The molecule has 2 atom stereocenters. The fraction of sp³-hybridized carbons (Fsp3) is 0.941. The first kappa shape index (κ1) is 72.6. The Bertz CT molecular complexity index is 1110. The van der Waals surface area contributed by atoms with Gasteiger partial charge in [-0.05, 0) is 51.4 Å². The number of unbranched alkanes of at least 4 members (excludes halogenated alkanes) is 51. The van der Waals surface area contributed by atoms with Gasteiger partial charge in [-0.1, -0.05) is 334 Å². The summed E-state index contributed by atoms with van der Waals surface area (Å²) in [6.07, 6.45) is 78.2. The van der Waals surface area contributed by atoms with Gasteiger partial charge in [-0.15, -0.1) is 0 Å². The number of aliphatic hydroxyl groups excluding tert-OH is 2. The van der Waals surface area contributed by atoms with Gasteiger partial charge >= 0.3 is 5.97 Å². The Balaban J connectivity index is 3.39. The third-order valence-corrected chi connectivity index (χ3v) is 16.1.